The fourth-order valence-electron chi connectivity index (χ4n) is 5.35. The summed E-state index contributed by atoms with van der Waals surface area (Å²) in [4.78, 5) is 9.73. The molecule has 0 amide bonds. The molecule has 0 aliphatic rings. The van der Waals surface area contributed by atoms with Gasteiger partial charge in [0, 0.05) is 38.5 Å². The standard InChI is InChI=1S/C34H21N3OS/c1-3-13-31-26(9-1)27-16-15-23(34-36-30-10-2-4-14-33(30)38-34)20-32(27)37(31)25-8-5-7-22(19-25)28-11-6-12-29(35-28)24-17-18-39-21-24/h1-21H. The van der Waals surface area contributed by atoms with Crippen molar-refractivity contribution in [2.45, 2.75) is 0 Å². The fraction of sp³-hybridized carbons (Fsp3) is 0. The lowest BCUT2D eigenvalue weighted by molar-refractivity contribution is 0.620. The SMILES string of the molecule is c1cc(-c2cccc(-c3ccsc3)n2)cc(-n2c3ccccc3c3ccc(-c4nc5ccccc5o4)cc32)c1. The number of pyridine rings is 1. The van der Waals surface area contributed by atoms with Gasteiger partial charge in [0.05, 0.1) is 22.4 Å². The van der Waals surface area contributed by atoms with Crippen molar-refractivity contribution in [3.63, 3.8) is 0 Å². The number of thiophene rings is 1. The van der Waals surface area contributed by atoms with Crippen molar-refractivity contribution in [3.8, 4) is 39.7 Å². The second-order valence-electron chi connectivity index (χ2n) is 9.54. The van der Waals surface area contributed by atoms with Gasteiger partial charge in [0.25, 0.3) is 0 Å². The van der Waals surface area contributed by atoms with Gasteiger partial charge >= 0.3 is 0 Å². The van der Waals surface area contributed by atoms with Crippen molar-refractivity contribution in [2.24, 2.45) is 0 Å². The Morgan fingerprint density at radius 3 is 2.31 bits per heavy atom. The summed E-state index contributed by atoms with van der Waals surface area (Å²) >= 11 is 1.69. The van der Waals surface area contributed by atoms with Crippen LogP contribution < -0.4 is 0 Å². The van der Waals surface area contributed by atoms with E-state index in [0.29, 0.717) is 5.89 Å². The van der Waals surface area contributed by atoms with E-state index in [2.05, 4.69) is 106 Å². The molecule has 0 atom stereocenters. The van der Waals surface area contributed by atoms with E-state index in [1.165, 1.54) is 10.8 Å². The minimum atomic E-state index is 0.623. The topological polar surface area (TPSA) is 43.9 Å². The molecule has 4 nitrogen and oxygen atoms in total. The molecular formula is C34H21N3OS. The molecule has 0 aliphatic heterocycles. The van der Waals surface area contributed by atoms with E-state index in [1.807, 2.05) is 24.3 Å². The third kappa shape index (κ3) is 3.67. The van der Waals surface area contributed by atoms with E-state index in [1.54, 1.807) is 11.3 Å². The smallest absolute Gasteiger partial charge is 0.227 e. The van der Waals surface area contributed by atoms with Crippen molar-refractivity contribution in [2.75, 3.05) is 0 Å². The van der Waals surface area contributed by atoms with E-state index < -0.39 is 0 Å². The average molecular weight is 520 g/mol. The third-order valence-corrected chi connectivity index (χ3v) is 7.86. The van der Waals surface area contributed by atoms with Gasteiger partial charge in [-0.2, -0.15) is 11.3 Å². The van der Waals surface area contributed by atoms with Crippen molar-refractivity contribution in [1.29, 1.82) is 0 Å². The summed E-state index contributed by atoms with van der Waals surface area (Å²) in [6.07, 6.45) is 0. The molecule has 0 aliphatic carbocycles. The number of fused-ring (bicyclic) bond motifs is 4. The third-order valence-electron chi connectivity index (χ3n) is 7.18. The Balaban J connectivity index is 1.31. The molecule has 0 unspecified atom stereocenters. The number of benzene rings is 4. The predicted molar refractivity (Wildman–Crippen MR) is 160 cm³/mol. The zero-order valence-electron chi connectivity index (χ0n) is 20.8. The number of hydrogen-bond acceptors (Lipinski definition) is 4. The van der Waals surface area contributed by atoms with E-state index >= 15 is 0 Å². The van der Waals surface area contributed by atoms with Gasteiger partial charge < -0.3 is 8.98 Å². The summed E-state index contributed by atoms with van der Waals surface area (Å²) in [6, 6.07) is 39.8. The Morgan fingerprint density at radius 2 is 1.41 bits per heavy atom. The molecule has 184 valence electrons. The van der Waals surface area contributed by atoms with Gasteiger partial charge in [0.2, 0.25) is 5.89 Å². The molecule has 8 aromatic rings. The average Bonchev–Trinajstić information content (AvgIpc) is 3.75. The van der Waals surface area contributed by atoms with Crippen molar-refractivity contribution in [1.82, 2.24) is 14.5 Å². The molecule has 0 saturated carbocycles. The molecule has 4 heterocycles. The van der Waals surface area contributed by atoms with Crippen LogP contribution in [-0.2, 0) is 0 Å². The number of oxazole rings is 1. The molecule has 0 spiro atoms. The zero-order chi connectivity index (χ0) is 25.8. The fourth-order valence-corrected chi connectivity index (χ4v) is 6.00. The maximum Gasteiger partial charge on any atom is 0.227 e. The largest absolute Gasteiger partial charge is 0.436 e. The molecule has 4 aromatic heterocycles. The molecule has 0 radical (unpaired) electrons. The highest BCUT2D eigenvalue weighted by atomic mass is 32.1. The number of para-hydroxylation sites is 3. The van der Waals surface area contributed by atoms with Gasteiger partial charge in [0.1, 0.15) is 5.52 Å². The Hall–Kier alpha value is -5.00. The highest BCUT2D eigenvalue weighted by molar-refractivity contribution is 7.08. The molecule has 5 heteroatoms. The lowest BCUT2D eigenvalue weighted by Crippen LogP contribution is -1.95. The van der Waals surface area contributed by atoms with Crippen molar-refractivity contribution < 1.29 is 4.42 Å². The summed E-state index contributed by atoms with van der Waals surface area (Å²) in [5.41, 5.74) is 10.1. The zero-order valence-corrected chi connectivity index (χ0v) is 21.6. The second kappa shape index (κ2) is 8.79. The van der Waals surface area contributed by atoms with Crippen LogP contribution in [0.15, 0.2) is 130 Å². The van der Waals surface area contributed by atoms with E-state index in [0.717, 1.165) is 55.9 Å². The van der Waals surface area contributed by atoms with Crippen LogP contribution in [0.25, 0.3) is 72.6 Å². The molecular weight excluding hydrogens is 498 g/mol. The van der Waals surface area contributed by atoms with Crippen LogP contribution in [0, 0.1) is 0 Å². The van der Waals surface area contributed by atoms with Gasteiger partial charge in [0.15, 0.2) is 5.58 Å². The van der Waals surface area contributed by atoms with Gasteiger partial charge in [-0.05, 0) is 66.0 Å². The van der Waals surface area contributed by atoms with Crippen LogP contribution in [-0.4, -0.2) is 14.5 Å². The van der Waals surface area contributed by atoms with Crippen LogP contribution in [0.3, 0.4) is 0 Å². The molecule has 4 aromatic carbocycles. The van der Waals surface area contributed by atoms with Gasteiger partial charge in [-0.3, -0.25) is 0 Å². The molecule has 0 N–H and O–H groups in total. The van der Waals surface area contributed by atoms with Crippen LogP contribution >= 0.6 is 11.3 Å². The summed E-state index contributed by atoms with van der Waals surface area (Å²) in [6.45, 7) is 0. The predicted octanol–water partition coefficient (Wildman–Crippen LogP) is 9.38. The van der Waals surface area contributed by atoms with E-state index in [9.17, 15) is 0 Å². The first-order valence-corrected chi connectivity index (χ1v) is 13.8. The van der Waals surface area contributed by atoms with Crippen LogP contribution in [0.2, 0.25) is 0 Å². The Morgan fingerprint density at radius 1 is 0.590 bits per heavy atom. The van der Waals surface area contributed by atoms with E-state index in [4.69, 9.17) is 14.4 Å². The molecule has 39 heavy (non-hydrogen) atoms. The quantitative estimate of drug-likeness (QED) is 0.233. The Kier molecular flexibility index (Phi) is 4.96. The van der Waals surface area contributed by atoms with Crippen molar-refractivity contribution >= 4 is 44.2 Å². The van der Waals surface area contributed by atoms with Crippen LogP contribution in [0.4, 0.5) is 0 Å². The Labute approximate surface area is 228 Å². The van der Waals surface area contributed by atoms with Crippen LogP contribution in [0.5, 0.6) is 0 Å². The molecule has 0 saturated heterocycles. The van der Waals surface area contributed by atoms with Crippen molar-refractivity contribution in [3.05, 3.63) is 126 Å². The van der Waals surface area contributed by atoms with Gasteiger partial charge in [-0.25, -0.2) is 9.97 Å². The van der Waals surface area contributed by atoms with Crippen LogP contribution in [0.1, 0.15) is 0 Å². The first kappa shape index (κ1) is 22.0. The summed E-state index contributed by atoms with van der Waals surface area (Å²) < 4.78 is 8.44. The lowest BCUT2D eigenvalue weighted by atomic mass is 10.1. The lowest BCUT2D eigenvalue weighted by Gasteiger charge is -2.11. The summed E-state index contributed by atoms with van der Waals surface area (Å²) in [5, 5.41) is 6.62. The summed E-state index contributed by atoms with van der Waals surface area (Å²) in [7, 11) is 0. The normalized spacial score (nSPS) is 11.6. The number of aromatic nitrogens is 3. The number of rotatable bonds is 4. The monoisotopic (exact) mass is 519 g/mol. The highest BCUT2D eigenvalue weighted by Crippen LogP contribution is 2.36. The highest BCUT2D eigenvalue weighted by Gasteiger charge is 2.16. The minimum absolute atomic E-state index is 0.623. The second-order valence-corrected chi connectivity index (χ2v) is 10.3. The molecule has 0 fully saturated rings. The molecule has 8 rings (SSSR count). The number of hydrogen-bond donors (Lipinski definition) is 0. The minimum Gasteiger partial charge on any atom is -0.436 e. The maximum atomic E-state index is 6.11. The van der Waals surface area contributed by atoms with Gasteiger partial charge in [-0.15, -0.1) is 0 Å². The molecule has 0 bridgehead atoms. The van der Waals surface area contributed by atoms with Gasteiger partial charge in [-0.1, -0.05) is 54.6 Å². The van der Waals surface area contributed by atoms with E-state index in [-0.39, 0.29) is 0 Å². The first-order chi connectivity index (χ1) is 19.3. The maximum absolute atomic E-state index is 6.11. The number of nitrogens with zero attached hydrogens (tertiary/aromatic N) is 3. The Bertz CT molecular complexity index is 2100. The first-order valence-electron chi connectivity index (χ1n) is 12.8. The summed E-state index contributed by atoms with van der Waals surface area (Å²) in [5.74, 6) is 0.623.